The third-order valence-corrected chi connectivity index (χ3v) is 2.26. The lowest BCUT2D eigenvalue weighted by Crippen LogP contribution is -2.16. The molecule has 0 aliphatic rings. The number of phenols is 1. The zero-order valence-electron chi connectivity index (χ0n) is 9.01. The molecule has 0 unspecified atom stereocenters. The highest BCUT2D eigenvalue weighted by Gasteiger charge is 2.10. The van der Waals surface area contributed by atoms with Gasteiger partial charge in [-0.1, -0.05) is 0 Å². The SMILES string of the molecule is Cn1nccc1C(=O)Nc1ccc(O)c(F)c1. The normalized spacial score (nSPS) is 10.2. The first-order valence-electron chi connectivity index (χ1n) is 4.86. The molecule has 1 aromatic heterocycles. The van der Waals surface area contributed by atoms with Crippen LogP contribution in [0.15, 0.2) is 30.5 Å². The molecule has 0 saturated heterocycles. The van der Waals surface area contributed by atoms with Crippen molar-refractivity contribution in [2.45, 2.75) is 0 Å². The van der Waals surface area contributed by atoms with Gasteiger partial charge in [0.25, 0.3) is 5.91 Å². The Morgan fingerprint density at radius 3 is 2.82 bits per heavy atom. The van der Waals surface area contributed by atoms with Crippen LogP contribution in [0, 0.1) is 5.82 Å². The minimum Gasteiger partial charge on any atom is -0.505 e. The van der Waals surface area contributed by atoms with Gasteiger partial charge in [-0.3, -0.25) is 9.48 Å². The van der Waals surface area contributed by atoms with Crippen LogP contribution in [0.2, 0.25) is 0 Å². The molecule has 1 amide bonds. The smallest absolute Gasteiger partial charge is 0.273 e. The Kier molecular flexibility index (Phi) is 2.78. The molecule has 1 aromatic carbocycles. The highest BCUT2D eigenvalue weighted by Crippen LogP contribution is 2.19. The molecule has 0 aliphatic carbocycles. The molecule has 0 radical (unpaired) electrons. The Morgan fingerprint density at radius 2 is 2.24 bits per heavy atom. The van der Waals surface area contributed by atoms with E-state index in [4.69, 9.17) is 5.11 Å². The van der Waals surface area contributed by atoms with Crippen molar-refractivity contribution in [2.24, 2.45) is 7.05 Å². The number of nitrogens with one attached hydrogen (secondary N) is 1. The van der Waals surface area contributed by atoms with Crippen molar-refractivity contribution in [1.29, 1.82) is 0 Å². The van der Waals surface area contributed by atoms with E-state index in [1.54, 1.807) is 13.1 Å². The Balaban J connectivity index is 2.19. The van der Waals surface area contributed by atoms with Crippen LogP contribution in [0.3, 0.4) is 0 Å². The third-order valence-electron chi connectivity index (χ3n) is 2.26. The van der Waals surface area contributed by atoms with Gasteiger partial charge in [-0.05, 0) is 18.2 Å². The topological polar surface area (TPSA) is 67.2 Å². The van der Waals surface area contributed by atoms with E-state index in [1.165, 1.54) is 23.0 Å². The summed E-state index contributed by atoms with van der Waals surface area (Å²) in [6.07, 6.45) is 1.49. The molecule has 5 nitrogen and oxygen atoms in total. The molecular weight excluding hydrogens is 225 g/mol. The second kappa shape index (κ2) is 4.25. The first-order chi connectivity index (χ1) is 8.08. The number of aromatic hydroxyl groups is 1. The molecule has 6 heteroatoms. The van der Waals surface area contributed by atoms with E-state index in [9.17, 15) is 9.18 Å². The molecule has 0 spiro atoms. The Bertz CT molecular complexity index is 566. The fourth-order valence-corrected chi connectivity index (χ4v) is 1.38. The molecule has 0 fully saturated rings. The van der Waals surface area contributed by atoms with E-state index in [1.807, 2.05) is 0 Å². The number of hydrogen-bond acceptors (Lipinski definition) is 3. The van der Waals surface area contributed by atoms with Crippen molar-refractivity contribution < 1.29 is 14.3 Å². The number of aryl methyl sites for hydroxylation is 1. The first-order valence-corrected chi connectivity index (χ1v) is 4.86. The van der Waals surface area contributed by atoms with Crippen LogP contribution in [-0.4, -0.2) is 20.8 Å². The monoisotopic (exact) mass is 235 g/mol. The summed E-state index contributed by atoms with van der Waals surface area (Å²) in [6.45, 7) is 0. The van der Waals surface area contributed by atoms with E-state index in [0.29, 0.717) is 5.69 Å². The lowest BCUT2D eigenvalue weighted by atomic mass is 10.3. The molecule has 17 heavy (non-hydrogen) atoms. The number of anilines is 1. The second-order valence-corrected chi connectivity index (χ2v) is 3.46. The van der Waals surface area contributed by atoms with Crippen LogP contribution < -0.4 is 5.32 Å². The summed E-state index contributed by atoms with van der Waals surface area (Å²) < 4.78 is 14.4. The highest BCUT2D eigenvalue weighted by atomic mass is 19.1. The quantitative estimate of drug-likeness (QED) is 0.775. The summed E-state index contributed by atoms with van der Waals surface area (Å²) in [5, 5.41) is 15.4. The summed E-state index contributed by atoms with van der Waals surface area (Å²) in [4.78, 5) is 11.7. The van der Waals surface area contributed by atoms with Crippen LogP contribution in [-0.2, 0) is 7.05 Å². The lowest BCUT2D eigenvalue weighted by molar-refractivity contribution is 0.101. The van der Waals surface area contributed by atoms with Gasteiger partial charge < -0.3 is 10.4 Å². The molecule has 0 saturated carbocycles. The van der Waals surface area contributed by atoms with Crippen molar-refractivity contribution in [3.8, 4) is 5.75 Å². The van der Waals surface area contributed by atoms with Gasteiger partial charge in [0.05, 0.1) is 0 Å². The van der Waals surface area contributed by atoms with Gasteiger partial charge in [0.15, 0.2) is 11.6 Å². The van der Waals surface area contributed by atoms with Crippen molar-refractivity contribution >= 4 is 11.6 Å². The van der Waals surface area contributed by atoms with Gasteiger partial charge in [0, 0.05) is 25.0 Å². The number of halogens is 1. The van der Waals surface area contributed by atoms with E-state index in [-0.39, 0.29) is 5.69 Å². The van der Waals surface area contributed by atoms with Crippen molar-refractivity contribution in [2.75, 3.05) is 5.32 Å². The first kappa shape index (κ1) is 11.1. The predicted molar refractivity (Wildman–Crippen MR) is 59.2 cm³/mol. The largest absolute Gasteiger partial charge is 0.505 e. The summed E-state index contributed by atoms with van der Waals surface area (Å²) in [7, 11) is 1.63. The van der Waals surface area contributed by atoms with Crippen molar-refractivity contribution in [1.82, 2.24) is 9.78 Å². The Morgan fingerprint density at radius 1 is 1.47 bits per heavy atom. The highest BCUT2D eigenvalue weighted by molar-refractivity contribution is 6.03. The number of phenolic OH excluding ortho intramolecular Hbond substituents is 1. The van der Waals surface area contributed by atoms with Crippen LogP contribution in [0.4, 0.5) is 10.1 Å². The van der Waals surface area contributed by atoms with Gasteiger partial charge in [0.2, 0.25) is 0 Å². The van der Waals surface area contributed by atoms with E-state index >= 15 is 0 Å². The maximum Gasteiger partial charge on any atom is 0.273 e. The van der Waals surface area contributed by atoms with Gasteiger partial charge in [-0.25, -0.2) is 4.39 Å². The van der Waals surface area contributed by atoms with Crippen LogP contribution in [0.5, 0.6) is 5.75 Å². The Labute approximate surface area is 96.5 Å². The molecule has 2 aromatic rings. The average molecular weight is 235 g/mol. The molecule has 0 atom stereocenters. The van der Waals surface area contributed by atoms with Gasteiger partial charge >= 0.3 is 0 Å². The maximum absolute atomic E-state index is 13.0. The number of rotatable bonds is 2. The number of carbonyl (C=O) groups excluding carboxylic acids is 1. The number of amides is 1. The molecule has 1 heterocycles. The van der Waals surface area contributed by atoms with Crippen LogP contribution >= 0.6 is 0 Å². The number of aromatic nitrogens is 2. The summed E-state index contributed by atoms with van der Waals surface area (Å²) in [5.41, 5.74) is 0.630. The minimum absolute atomic E-state index is 0.270. The van der Waals surface area contributed by atoms with E-state index in [2.05, 4.69) is 10.4 Å². The second-order valence-electron chi connectivity index (χ2n) is 3.46. The van der Waals surface area contributed by atoms with Crippen molar-refractivity contribution in [3.63, 3.8) is 0 Å². The lowest BCUT2D eigenvalue weighted by Gasteiger charge is -2.05. The van der Waals surface area contributed by atoms with Gasteiger partial charge in [-0.2, -0.15) is 5.10 Å². The minimum atomic E-state index is -0.784. The average Bonchev–Trinajstić information content (AvgIpc) is 2.70. The van der Waals surface area contributed by atoms with Gasteiger partial charge in [-0.15, -0.1) is 0 Å². The fourth-order valence-electron chi connectivity index (χ4n) is 1.38. The summed E-state index contributed by atoms with van der Waals surface area (Å²) in [6, 6.07) is 5.18. The van der Waals surface area contributed by atoms with Gasteiger partial charge in [0.1, 0.15) is 5.69 Å². The predicted octanol–water partition coefficient (Wildman–Crippen LogP) is 1.52. The number of benzene rings is 1. The Hall–Kier alpha value is -2.37. The van der Waals surface area contributed by atoms with E-state index in [0.717, 1.165) is 6.07 Å². The van der Waals surface area contributed by atoms with Crippen LogP contribution in [0.1, 0.15) is 10.5 Å². The summed E-state index contributed by atoms with van der Waals surface area (Å²) in [5.74, 6) is -1.63. The zero-order chi connectivity index (χ0) is 12.4. The number of nitrogens with zero attached hydrogens (tertiary/aromatic N) is 2. The molecule has 2 N–H and O–H groups in total. The summed E-state index contributed by atoms with van der Waals surface area (Å²) >= 11 is 0. The molecule has 88 valence electrons. The number of carbonyl (C=O) groups is 1. The standard InChI is InChI=1S/C11H10FN3O2/c1-15-9(4-5-13-15)11(17)14-7-2-3-10(16)8(12)6-7/h2-6,16H,1H3,(H,14,17). The fraction of sp³-hybridized carbons (Fsp3) is 0.0909. The van der Waals surface area contributed by atoms with E-state index < -0.39 is 17.5 Å². The van der Waals surface area contributed by atoms with Crippen LogP contribution in [0.25, 0.3) is 0 Å². The molecule has 0 bridgehead atoms. The van der Waals surface area contributed by atoms with Crippen molar-refractivity contribution in [3.05, 3.63) is 42.0 Å². The molecule has 0 aliphatic heterocycles. The molecular formula is C11H10FN3O2. The molecule has 2 rings (SSSR count). The number of hydrogen-bond donors (Lipinski definition) is 2. The maximum atomic E-state index is 13.0. The zero-order valence-corrected chi connectivity index (χ0v) is 9.01. The third kappa shape index (κ3) is 2.25.